The maximum absolute atomic E-state index is 11.8. The van der Waals surface area contributed by atoms with E-state index in [4.69, 9.17) is 9.47 Å². The van der Waals surface area contributed by atoms with Crippen LogP contribution in [0.3, 0.4) is 0 Å². The molecule has 0 aliphatic carbocycles. The van der Waals surface area contributed by atoms with Crippen LogP contribution in [0, 0.1) is 0 Å². The molecule has 0 aromatic heterocycles. The number of hydrogen-bond donors (Lipinski definition) is 0. The Kier molecular flexibility index (Phi) is 4.80. The van der Waals surface area contributed by atoms with Crippen molar-refractivity contribution in [1.29, 1.82) is 0 Å². The SMILES string of the molecule is COC(=O)C1CCCCN1Cc1ccccc1OC. The third kappa shape index (κ3) is 3.26. The molecule has 1 fully saturated rings. The van der Waals surface area contributed by atoms with Crippen LogP contribution in [-0.2, 0) is 16.1 Å². The number of hydrogen-bond acceptors (Lipinski definition) is 4. The van der Waals surface area contributed by atoms with Gasteiger partial charge < -0.3 is 9.47 Å². The van der Waals surface area contributed by atoms with Crippen LogP contribution in [0.15, 0.2) is 24.3 Å². The number of rotatable bonds is 4. The summed E-state index contributed by atoms with van der Waals surface area (Å²) in [6, 6.07) is 7.82. The number of carbonyl (C=O) groups is 1. The number of para-hydroxylation sites is 1. The Hall–Kier alpha value is -1.55. The number of piperidine rings is 1. The number of esters is 1. The highest BCUT2D eigenvalue weighted by molar-refractivity contribution is 5.75. The standard InChI is InChI=1S/C15H21NO3/c1-18-14-9-4-3-7-12(14)11-16-10-6-5-8-13(16)15(17)19-2/h3-4,7,9,13H,5-6,8,10-11H2,1-2H3. The van der Waals surface area contributed by atoms with Gasteiger partial charge in [-0.25, -0.2) is 0 Å². The first-order valence-electron chi connectivity index (χ1n) is 6.70. The van der Waals surface area contributed by atoms with Gasteiger partial charge in [-0.15, -0.1) is 0 Å². The molecule has 1 aromatic rings. The van der Waals surface area contributed by atoms with E-state index in [0.717, 1.165) is 43.7 Å². The van der Waals surface area contributed by atoms with Crippen LogP contribution >= 0.6 is 0 Å². The molecule has 1 heterocycles. The van der Waals surface area contributed by atoms with Gasteiger partial charge in [-0.05, 0) is 25.5 Å². The second-order valence-corrected chi connectivity index (χ2v) is 4.82. The van der Waals surface area contributed by atoms with E-state index in [1.165, 1.54) is 7.11 Å². The number of benzene rings is 1. The zero-order chi connectivity index (χ0) is 13.7. The van der Waals surface area contributed by atoms with Crippen LogP contribution < -0.4 is 4.74 Å². The first-order valence-corrected chi connectivity index (χ1v) is 6.70. The molecule has 0 saturated carbocycles. The molecule has 1 aliphatic heterocycles. The Labute approximate surface area is 114 Å². The van der Waals surface area contributed by atoms with Crippen LogP contribution in [0.4, 0.5) is 0 Å². The molecular formula is C15H21NO3. The van der Waals surface area contributed by atoms with Gasteiger partial charge in [0.15, 0.2) is 0 Å². The largest absolute Gasteiger partial charge is 0.496 e. The van der Waals surface area contributed by atoms with Gasteiger partial charge in [0, 0.05) is 12.1 Å². The van der Waals surface area contributed by atoms with Crippen molar-refractivity contribution in [3.05, 3.63) is 29.8 Å². The summed E-state index contributed by atoms with van der Waals surface area (Å²) in [4.78, 5) is 14.0. The van der Waals surface area contributed by atoms with Gasteiger partial charge in [0.1, 0.15) is 11.8 Å². The van der Waals surface area contributed by atoms with E-state index in [1.807, 2.05) is 24.3 Å². The van der Waals surface area contributed by atoms with Gasteiger partial charge in [0.2, 0.25) is 0 Å². The van der Waals surface area contributed by atoms with Crippen LogP contribution in [0.2, 0.25) is 0 Å². The van der Waals surface area contributed by atoms with E-state index in [1.54, 1.807) is 7.11 Å². The van der Waals surface area contributed by atoms with Crippen LogP contribution in [0.25, 0.3) is 0 Å². The monoisotopic (exact) mass is 263 g/mol. The Morgan fingerprint density at radius 2 is 2.11 bits per heavy atom. The lowest BCUT2D eigenvalue weighted by Gasteiger charge is -2.33. The number of nitrogens with zero attached hydrogens (tertiary/aromatic N) is 1. The predicted octanol–water partition coefficient (Wildman–Crippen LogP) is 2.22. The van der Waals surface area contributed by atoms with Crippen molar-refractivity contribution >= 4 is 5.97 Å². The van der Waals surface area contributed by atoms with Gasteiger partial charge in [-0.3, -0.25) is 9.69 Å². The topological polar surface area (TPSA) is 38.8 Å². The van der Waals surface area contributed by atoms with Crippen molar-refractivity contribution in [3.63, 3.8) is 0 Å². The molecule has 1 aromatic carbocycles. The van der Waals surface area contributed by atoms with E-state index in [9.17, 15) is 4.79 Å². The van der Waals surface area contributed by atoms with Gasteiger partial charge in [0.25, 0.3) is 0 Å². The third-order valence-electron chi connectivity index (χ3n) is 3.65. The Balaban J connectivity index is 2.13. The van der Waals surface area contributed by atoms with Crippen molar-refractivity contribution in [3.8, 4) is 5.75 Å². The van der Waals surface area contributed by atoms with Crippen molar-refractivity contribution in [2.75, 3.05) is 20.8 Å². The molecule has 4 heteroatoms. The molecule has 0 amide bonds. The Bertz CT molecular complexity index is 433. The van der Waals surface area contributed by atoms with E-state index >= 15 is 0 Å². The first kappa shape index (κ1) is 13.9. The lowest BCUT2D eigenvalue weighted by atomic mass is 10.0. The van der Waals surface area contributed by atoms with Crippen LogP contribution in [0.5, 0.6) is 5.75 Å². The summed E-state index contributed by atoms with van der Waals surface area (Å²) in [5.41, 5.74) is 1.11. The molecule has 1 saturated heterocycles. The second-order valence-electron chi connectivity index (χ2n) is 4.82. The number of methoxy groups -OCH3 is 2. The van der Waals surface area contributed by atoms with E-state index in [2.05, 4.69) is 4.90 Å². The molecule has 0 bridgehead atoms. The lowest BCUT2D eigenvalue weighted by molar-refractivity contribution is -0.148. The van der Waals surface area contributed by atoms with Crippen LogP contribution in [-0.4, -0.2) is 37.7 Å². The fraction of sp³-hybridized carbons (Fsp3) is 0.533. The molecule has 1 aliphatic rings. The van der Waals surface area contributed by atoms with Gasteiger partial charge in [0.05, 0.1) is 14.2 Å². The summed E-state index contributed by atoms with van der Waals surface area (Å²) in [5, 5.41) is 0. The minimum absolute atomic E-state index is 0.122. The zero-order valence-electron chi connectivity index (χ0n) is 11.6. The molecule has 0 N–H and O–H groups in total. The maximum atomic E-state index is 11.8. The predicted molar refractivity (Wildman–Crippen MR) is 73.1 cm³/mol. The number of carbonyl (C=O) groups excluding carboxylic acids is 1. The molecule has 104 valence electrons. The van der Waals surface area contributed by atoms with Gasteiger partial charge >= 0.3 is 5.97 Å². The normalized spacial score (nSPS) is 20.0. The summed E-state index contributed by atoms with van der Waals surface area (Å²) < 4.78 is 10.3. The fourth-order valence-electron chi connectivity index (χ4n) is 2.64. The zero-order valence-corrected chi connectivity index (χ0v) is 11.6. The molecule has 4 nitrogen and oxygen atoms in total. The number of ether oxygens (including phenoxy) is 2. The summed E-state index contributed by atoms with van der Waals surface area (Å²) in [6.45, 7) is 1.65. The second kappa shape index (κ2) is 6.57. The lowest BCUT2D eigenvalue weighted by Crippen LogP contribution is -2.44. The Morgan fingerprint density at radius 3 is 2.84 bits per heavy atom. The molecule has 1 atom stereocenters. The maximum Gasteiger partial charge on any atom is 0.323 e. The minimum Gasteiger partial charge on any atom is -0.496 e. The average molecular weight is 263 g/mol. The van der Waals surface area contributed by atoms with Crippen molar-refractivity contribution in [2.24, 2.45) is 0 Å². The number of likely N-dealkylation sites (tertiary alicyclic amines) is 1. The third-order valence-corrected chi connectivity index (χ3v) is 3.65. The highest BCUT2D eigenvalue weighted by Crippen LogP contribution is 2.24. The summed E-state index contributed by atoms with van der Waals surface area (Å²) in [6.07, 6.45) is 3.09. The van der Waals surface area contributed by atoms with E-state index < -0.39 is 0 Å². The first-order chi connectivity index (χ1) is 9.26. The van der Waals surface area contributed by atoms with E-state index in [0.29, 0.717) is 0 Å². The highest BCUT2D eigenvalue weighted by atomic mass is 16.5. The van der Waals surface area contributed by atoms with Crippen LogP contribution in [0.1, 0.15) is 24.8 Å². The molecule has 0 spiro atoms. The molecule has 19 heavy (non-hydrogen) atoms. The molecular weight excluding hydrogens is 242 g/mol. The summed E-state index contributed by atoms with van der Waals surface area (Å²) >= 11 is 0. The molecule has 1 unspecified atom stereocenters. The molecule has 0 radical (unpaired) electrons. The average Bonchev–Trinajstić information content (AvgIpc) is 2.47. The fourth-order valence-corrected chi connectivity index (χ4v) is 2.64. The molecule has 2 rings (SSSR count). The smallest absolute Gasteiger partial charge is 0.323 e. The minimum atomic E-state index is -0.130. The summed E-state index contributed by atoms with van der Waals surface area (Å²) in [5.74, 6) is 0.742. The van der Waals surface area contributed by atoms with Gasteiger partial charge in [-0.2, -0.15) is 0 Å². The highest BCUT2D eigenvalue weighted by Gasteiger charge is 2.29. The summed E-state index contributed by atoms with van der Waals surface area (Å²) in [7, 11) is 3.13. The quantitative estimate of drug-likeness (QED) is 0.781. The van der Waals surface area contributed by atoms with Crippen molar-refractivity contribution < 1.29 is 14.3 Å². The Morgan fingerprint density at radius 1 is 1.32 bits per heavy atom. The van der Waals surface area contributed by atoms with Crippen molar-refractivity contribution in [2.45, 2.75) is 31.8 Å². The van der Waals surface area contributed by atoms with Gasteiger partial charge in [-0.1, -0.05) is 24.6 Å². The van der Waals surface area contributed by atoms with Crippen molar-refractivity contribution in [1.82, 2.24) is 4.90 Å². The van der Waals surface area contributed by atoms with E-state index in [-0.39, 0.29) is 12.0 Å².